The number of thioether (sulfide) groups is 1. The highest BCUT2D eigenvalue weighted by Crippen LogP contribution is 2.22. The van der Waals surface area contributed by atoms with E-state index < -0.39 is 0 Å². The van der Waals surface area contributed by atoms with Gasteiger partial charge in [-0.25, -0.2) is 0 Å². The number of aliphatic hydroxyl groups is 1. The summed E-state index contributed by atoms with van der Waals surface area (Å²) in [6, 6.07) is 5.34. The molecule has 4 heteroatoms. The molecular formula is C12H16Cl2OS. The van der Waals surface area contributed by atoms with Crippen molar-refractivity contribution in [1.29, 1.82) is 0 Å². The molecule has 1 rings (SSSR count). The summed E-state index contributed by atoms with van der Waals surface area (Å²) in [7, 11) is 0. The quantitative estimate of drug-likeness (QED) is 0.793. The average Bonchev–Trinajstić information content (AvgIpc) is 2.24. The lowest BCUT2D eigenvalue weighted by molar-refractivity contribution is 0.200. The Morgan fingerprint density at radius 1 is 1.38 bits per heavy atom. The highest BCUT2D eigenvalue weighted by atomic mass is 35.5. The number of benzene rings is 1. The lowest BCUT2D eigenvalue weighted by atomic mass is 10.1. The fraction of sp³-hybridized carbons (Fsp3) is 0.500. The predicted octanol–water partition coefficient (Wildman–Crippen LogP) is 4.04. The third-order valence-electron chi connectivity index (χ3n) is 2.12. The molecule has 0 bridgehead atoms. The third kappa shape index (κ3) is 4.96. The monoisotopic (exact) mass is 278 g/mol. The minimum absolute atomic E-state index is 0.354. The minimum atomic E-state index is -0.354. The van der Waals surface area contributed by atoms with E-state index >= 15 is 0 Å². The maximum absolute atomic E-state index is 9.82. The Morgan fingerprint density at radius 2 is 2.12 bits per heavy atom. The van der Waals surface area contributed by atoms with Crippen LogP contribution in [0.1, 0.15) is 18.9 Å². The third-order valence-corrected chi connectivity index (χ3v) is 4.04. The summed E-state index contributed by atoms with van der Waals surface area (Å²) in [5.41, 5.74) is 0.916. The van der Waals surface area contributed by atoms with Gasteiger partial charge in [-0.3, -0.25) is 0 Å². The highest BCUT2D eigenvalue weighted by Gasteiger charge is 2.09. The SMILES string of the molecule is CCCSCC(O)Cc1cc(Cl)ccc1Cl. The normalized spacial score (nSPS) is 12.8. The molecule has 0 heterocycles. The Morgan fingerprint density at radius 3 is 2.81 bits per heavy atom. The molecule has 1 N–H and O–H groups in total. The van der Waals surface area contributed by atoms with Crippen molar-refractivity contribution in [3.8, 4) is 0 Å². The van der Waals surface area contributed by atoms with Gasteiger partial charge in [-0.2, -0.15) is 11.8 Å². The van der Waals surface area contributed by atoms with E-state index in [-0.39, 0.29) is 6.10 Å². The molecule has 0 saturated heterocycles. The van der Waals surface area contributed by atoms with E-state index in [1.807, 2.05) is 6.07 Å². The smallest absolute Gasteiger partial charge is 0.0671 e. The first-order valence-corrected chi connectivity index (χ1v) is 7.24. The van der Waals surface area contributed by atoms with Crippen LogP contribution in [0.2, 0.25) is 10.0 Å². The molecule has 0 radical (unpaired) electrons. The predicted molar refractivity (Wildman–Crippen MR) is 73.8 cm³/mol. The fourth-order valence-corrected chi connectivity index (χ4v) is 2.61. The number of hydrogen-bond donors (Lipinski definition) is 1. The number of hydrogen-bond acceptors (Lipinski definition) is 2. The molecule has 1 aromatic carbocycles. The summed E-state index contributed by atoms with van der Waals surface area (Å²) >= 11 is 13.7. The zero-order valence-electron chi connectivity index (χ0n) is 9.25. The van der Waals surface area contributed by atoms with Crippen molar-refractivity contribution in [2.24, 2.45) is 0 Å². The van der Waals surface area contributed by atoms with Crippen LogP contribution in [0.25, 0.3) is 0 Å². The van der Waals surface area contributed by atoms with Gasteiger partial charge in [0.2, 0.25) is 0 Å². The summed E-state index contributed by atoms with van der Waals surface area (Å²) in [6.07, 6.45) is 1.35. The van der Waals surface area contributed by atoms with E-state index in [0.29, 0.717) is 16.5 Å². The van der Waals surface area contributed by atoms with Crippen LogP contribution in [0.5, 0.6) is 0 Å². The second-order valence-corrected chi connectivity index (χ2v) is 5.66. The molecular weight excluding hydrogens is 263 g/mol. The molecule has 0 aliphatic heterocycles. The van der Waals surface area contributed by atoms with E-state index in [1.165, 1.54) is 0 Å². The molecule has 1 atom stereocenters. The van der Waals surface area contributed by atoms with E-state index in [9.17, 15) is 5.11 Å². The van der Waals surface area contributed by atoms with Crippen molar-refractivity contribution < 1.29 is 5.11 Å². The first-order valence-electron chi connectivity index (χ1n) is 5.33. The van der Waals surface area contributed by atoms with Crippen LogP contribution in [-0.2, 0) is 6.42 Å². The van der Waals surface area contributed by atoms with Crippen molar-refractivity contribution in [2.75, 3.05) is 11.5 Å². The second kappa shape index (κ2) is 7.44. The van der Waals surface area contributed by atoms with Crippen molar-refractivity contribution in [2.45, 2.75) is 25.9 Å². The van der Waals surface area contributed by atoms with Gasteiger partial charge in [0.15, 0.2) is 0 Å². The maximum atomic E-state index is 9.82. The minimum Gasteiger partial charge on any atom is -0.392 e. The van der Waals surface area contributed by atoms with Crippen molar-refractivity contribution >= 4 is 35.0 Å². The molecule has 0 amide bonds. The van der Waals surface area contributed by atoms with Gasteiger partial charge >= 0.3 is 0 Å². The van der Waals surface area contributed by atoms with Crippen LogP contribution in [0, 0.1) is 0 Å². The molecule has 1 unspecified atom stereocenters. The van der Waals surface area contributed by atoms with Gasteiger partial charge in [0, 0.05) is 22.2 Å². The van der Waals surface area contributed by atoms with Crippen LogP contribution in [0.4, 0.5) is 0 Å². The van der Waals surface area contributed by atoms with Gasteiger partial charge in [-0.05, 0) is 35.9 Å². The fourth-order valence-electron chi connectivity index (χ4n) is 1.38. The molecule has 0 aliphatic rings. The van der Waals surface area contributed by atoms with Gasteiger partial charge in [0.1, 0.15) is 0 Å². The van der Waals surface area contributed by atoms with Crippen molar-refractivity contribution in [3.63, 3.8) is 0 Å². The lowest BCUT2D eigenvalue weighted by Gasteiger charge is -2.11. The van der Waals surface area contributed by atoms with Gasteiger partial charge in [0.25, 0.3) is 0 Å². The number of rotatable bonds is 6. The van der Waals surface area contributed by atoms with Crippen LogP contribution in [0.3, 0.4) is 0 Å². The Bertz CT molecular complexity index is 331. The molecule has 1 aromatic rings. The van der Waals surface area contributed by atoms with E-state index in [2.05, 4.69) is 6.92 Å². The molecule has 90 valence electrons. The Labute approximate surface area is 111 Å². The van der Waals surface area contributed by atoms with Crippen LogP contribution in [0.15, 0.2) is 18.2 Å². The lowest BCUT2D eigenvalue weighted by Crippen LogP contribution is -2.14. The molecule has 1 nitrogen and oxygen atoms in total. The number of aliphatic hydroxyl groups excluding tert-OH is 1. The zero-order valence-corrected chi connectivity index (χ0v) is 11.6. The molecule has 0 aromatic heterocycles. The molecule has 0 fully saturated rings. The Balaban J connectivity index is 2.48. The molecule has 16 heavy (non-hydrogen) atoms. The second-order valence-electron chi connectivity index (χ2n) is 3.67. The summed E-state index contributed by atoms with van der Waals surface area (Å²) in [6.45, 7) is 2.13. The van der Waals surface area contributed by atoms with Crippen LogP contribution >= 0.6 is 35.0 Å². The maximum Gasteiger partial charge on any atom is 0.0671 e. The summed E-state index contributed by atoms with van der Waals surface area (Å²) in [4.78, 5) is 0. The van der Waals surface area contributed by atoms with Gasteiger partial charge in [0.05, 0.1) is 6.10 Å². The van der Waals surface area contributed by atoms with Gasteiger partial charge in [-0.1, -0.05) is 30.1 Å². The first-order chi connectivity index (χ1) is 7.63. The molecule has 0 saturated carbocycles. The first kappa shape index (κ1) is 14.2. The molecule has 0 spiro atoms. The van der Waals surface area contributed by atoms with Gasteiger partial charge in [-0.15, -0.1) is 0 Å². The zero-order chi connectivity index (χ0) is 12.0. The Kier molecular flexibility index (Phi) is 6.59. The summed E-state index contributed by atoms with van der Waals surface area (Å²) < 4.78 is 0. The van der Waals surface area contributed by atoms with E-state index in [1.54, 1.807) is 23.9 Å². The standard InChI is InChI=1S/C12H16Cl2OS/c1-2-5-16-8-11(15)7-9-6-10(13)3-4-12(9)14/h3-4,6,11,15H,2,5,7-8H2,1H3. The largest absolute Gasteiger partial charge is 0.392 e. The van der Waals surface area contributed by atoms with Crippen molar-refractivity contribution in [1.82, 2.24) is 0 Å². The van der Waals surface area contributed by atoms with Crippen LogP contribution < -0.4 is 0 Å². The average molecular weight is 279 g/mol. The molecule has 0 aliphatic carbocycles. The summed E-state index contributed by atoms with van der Waals surface area (Å²) in [5.74, 6) is 1.83. The number of halogens is 2. The van der Waals surface area contributed by atoms with Gasteiger partial charge < -0.3 is 5.11 Å². The highest BCUT2D eigenvalue weighted by molar-refractivity contribution is 7.99. The van der Waals surface area contributed by atoms with E-state index in [4.69, 9.17) is 23.2 Å². The van der Waals surface area contributed by atoms with Crippen molar-refractivity contribution in [3.05, 3.63) is 33.8 Å². The Hall–Kier alpha value is 0.110. The van der Waals surface area contributed by atoms with E-state index in [0.717, 1.165) is 23.5 Å². The topological polar surface area (TPSA) is 20.2 Å². The van der Waals surface area contributed by atoms with Crippen LogP contribution in [-0.4, -0.2) is 22.7 Å². The summed E-state index contributed by atoms with van der Waals surface area (Å²) in [5, 5.41) is 11.2.